The molecule has 150 valence electrons. The predicted molar refractivity (Wildman–Crippen MR) is 110 cm³/mol. The highest BCUT2D eigenvalue weighted by Crippen LogP contribution is 2.25. The third-order valence-electron chi connectivity index (χ3n) is 5.02. The third kappa shape index (κ3) is 4.35. The molecule has 1 fully saturated rings. The maximum atomic E-state index is 11.8. The fraction of sp³-hybridized carbons (Fsp3) is 0.300. The Kier molecular flexibility index (Phi) is 5.39. The average molecular weight is 393 g/mol. The Morgan fingerprint density at radius 1 is 1.14 bits per heavy atom. The number of amides is 1. The van der Waals surface area contributed by atoms with E-state index in [4.69, 9.17) is 15.9 Å². The molecule has 1 aliphatic rings. The quantitative estimate of drug-likeness (QED) is 0.500. The summed E-state index contributed by atoms with van der Waals surface area (Å²) in [6, 6.07) is 7.57. The highest BCUT2D eigenvalue weighted by atomic mass is 16.3. The SMILES string of the molecule is NC(=O)c1cnc(N[C@@H]2CCCC[C@@H]2N)nc1Nc1ccc(-c2ncco2)cc1. The fourth-order valence-electron chi connectivity index (χ4n) is 3.43. The highest BCUT2D eigenvalue weighted by molar-refractivity contribution is 5.98. The Morgan fingerprint density at radius 2 is 1.93 bits per heavy atom. The molecule has 0 aliphatic heterocycles. The Balaban J connectivity index is 1.55. The van der Waals surface area contributed by atoms with Gasteiger partial charge in [-0.2, -0.15) is 4.98 Å². The predicted octanol–water partition coefficient (Wildman–Crippen LogP) is 2.66. The minimum Gasteiger partial charge on any atom is -0.445 e. The molecule has 1 aromatic carbocycles. The van der Waals surface area contributed by atoms with Gasteiger partial charge in [-0.1, -0.05) is 12.8 Å². The van der Waals surface area contributed by atoms with Crippen molar-refractivity contribution in [3.63, 3.8) is 0 Å². The van der Waals surface area contributed by atoms with E-state index < -0.39 is 5.91 Å². The summed E-state index contributed by atoms with van der Waals surface area (Å²) >= 11 is 0. The van der Waals surface area contributed by atoms with Crippen molar-refractivity contribution in [3.8, 4) is 11.5 Å². The first kappa shape index (κ1) is 18.9. The first-order valence-electron chi connectivity index (χ1n) is 9.56. The summed E-state index contributed by atoms with van der Waals surface area (Å²) in [6.45, 7) is 0. The van der Waals surface area contributed by atoms with E-state index in [1.807, 2.05) is 24.3 Å². The summed E-state index contributed by atoms with van der Waals surface area (Å²) in [5.41, 5.74) is 13.5. The van der Waals surface area contributed by atoms with Gasteiger partial charge in [0.15, 0.2) is 0 Å². The number of carbonyl (C=O) groups excluding carboxylic acids is 1. The van der Waals surface area contributed by atoms with Crippen molar-refractivity contribution in [2.45, 2.75) is 37.8 Å². The third-order valence-corrected chi connectivity index (χ3v) is 5.02. The number of hydrogen-bond acceptors (Lipinski definition) is 8. The summed E-state index contributed by atoms with van der Waals surface area (Å²) in [5, 5.41) is 6.43. The molecule has 1 saturated carbocycles. The van der Waals surface area contributed by atoms with Crippen LogP contribution in [-0.4, -0.2) is 32.9 Å². The molecule has 0 radical (unpaired) electrons. The molecule has 0 unspecified atom stereocenters. The van der Waals surface area contributed by atoms with Crippen LogP contribution < -0.4 is 22.1 Å². The van der Waals surface area contributed by atoms with E-state index in [1.54, 1.807) is 6.20 Å². The smallest absolute Gasteiger partial charge is 0.254 e. The average Bonchev–Trinajstić information content (AvgIpc) is 3.25. The molecule has 29 heavy (non-hydrogen) atoms. The van der Waals surface area contributed by atoms with Gasteiger partial charge < -0.3 is 26.5 Å². The van der Waals surface area contributed by atoms with Crippen LogP contribution in [0.5, 0.6) is 0 Å². The number of oxazole rings is 1. The van der Waals surface area contributed by atoms with E-state index in [2.05, 4.69) is 25.6 Å². The summed E-state index contributed by atoms with van der Waals surface area (Å²) in [6.07, 6.45) is 8.73. The lowest BCUT2D eigenvalue weighted by atomic mass is 9.91. The number of primary amides is 1. The van der Waals surface area contributed by atoms with Crippen molar-refractivity contribution >= 4 is 23.4 Å². The summed E-state index contributed by atoms with van der Waals surface area (Å²) < 4.78 is 5.29. The standard InChI is InChI=1S/C20H23N7O2/c21-15-3-1-2-4-16(15)26-20-24-11-14(17(22)28)18(27-20)25-13-7-5-12(6-8-13)19-23-9-10-29-19/h5-11,15-16H,1-4,21H2,(H2,22,28)(H2,24,25,26,27)/t15-,16+/m0/s1. The van der Waals surface area contributed by atoms with Crippen LogP contribution in [0.3, 0.4) is 0 Å². The number of anilines is 3. The normalized spacial score (nSPS) is 18.9. The highest BCUT2D eigenvalue weighted by Gasteiger charge is 2.23. The summed E-state index contributed by atoms with van der Waals surface area (Å²) in [5.74, 6) is 0.677. The maximum Gasteiger partial charge on any atom is 0.254 e. The number of carbonyl (C=O) groups is 1. The zero-order valence-corrected chi connectivity index (χ0v) is 15.8. The molecule has 9 heteroatoms. The molecular weight excluding hydrogens is 370 g/mol. The van der Waals surface area contributed by atoms with Crippen LogP contribution in [0.2, 0.25) is 0 Å². The van der Waals surface area contributed by atoms with Crippen molar-refractivity contribution in [2.24, 2.45) is 11.5 Å². The maximum absolute atomic E-state index is 11.8. The molecular formula is C20H23N7O2. The van der Waals surface area contributed by atoms with Crippen LogP contribution in [0.25, 0.3) is 11.5 Å². The molecule has 2 aromatic heterocycles. The van der Waals surface area contributed by atoms with Gasteiger partial charge in [-0.3, -0.25) is 4.79 Å². The van der Waals surface area contributed by atoms with E-state index in [9.17, 15) is 4.79 Å². The fourth-order valence-corrected chi connectivity index (χ4v) is 3.43. The lowest BCUT2D eigenvalue weighted by Gasteiger charge is -2.29. The Bertz CT molecular complexity index is 973. The van der Waals surface area contributed by atoms with E-state index in [-0.39, 0.29) is 17.6 Å². The van der Waals surface area contributed by atoms with Crippen LogP contribution in [0.4, 0.5) is 17.5 Å². The Labute approximate surface area is 167 Å². The summed E-state index contributed by atoms with van der Waals surface area (Å²) in [7, 11) is 0. The van der Waals surface area contributed by atoms with Gasteiger partial charge in [-0.05, 0) is 37.1 Å². The van der Waals surface area contributed by atoms with Gasteiger partial charge in [0.25, 0.3) is 5.91 Å². The van der Waals surface area contributed by atoms with Crippen LogP contribution in [0.15, 0.2) is 47.3 Å². The number of aromatic nitrogens is 3. The molecule has 2 heterocycles. The van der Waals surface area contributed by atoms with Gasteiger partial charge >= 0.3 is 0 Å². The topological polar surface area (TPSA) is 145 Å². The zero-order chi connectivity index (χ0) is 20.2. The summed E-state index contributed by atoms with van der Waals surface area (Å²) in [4.78, 5) is 24.6. The molecule has 1 amide bonds. The zero-order valence-electron chi connectivity index (χ0n) is 15.8. The second-order valence-corrected chi connectivity index (χ2v) is 7.06. The molecule has 1 aliphatic carbocycles. The van der Waals surface area contributed by atoms with E-state index in [0.29, 0.717) is 17.7 Å². The van der Waals surface area contributed by atoms with Gasteiger partial charge in [0.05, 0.1) is 6.20 Å². The first-order valence-corrected chi connectivity index (χ1v) is 9.56. The first-order chi connectivity index (χ1) is 14.1. The minimum atomic E-state index is -0.607. The van der Waals surface area contributed by atoms with Crippen molar-refractivity contribution in [1.82, 2.24) is 15.0 Å². The van der Waals surface area contributed by atoms with Crippen molar-refractivity contribution in [1.29, 1.82) is 0 Å². The number of hydrogen-bond donors (Lipinski definition) is 4. The van der Waals surface area contributed by atoms with Crippen LogP contribution >= 0.6 is 0 Å². The van der Waals surface area contributed by atoms with E-state index in [0.717, 1.165) is 36.9 Å². The van der Waals surface area contributed by atoms with Gasteiger partial charge in [-0.15, -0.1) is 0 Å². The van der Waals surface area contributed by atoms with E-state index >= 15 is 0 Å². The number of nitrogens with two attached hydrogens (primary N) is 2. The Morgan fingerprint density at radius 3 is 2.62 bits per heavy atom. The van der Waals surface area contributed by atoms with Crippen molar-refractivity contribution in [2.75, 3.05) is 10.6 Å². The molecule has 0 bridgehead atoms. The van der Waals surface area contributed by atoms with E-state index in [1.165, 1.54) is 12.5 Å². The lowest BCUT2D eigenvalue weighted by molar-refractivity contribution is 0.100. The van der Waals surface area contributed by atoms with Crippen LogP contribution in [-0.2, 0) is 0 Å². The van der Waals surface area contributed by atoms with Crippen molar-refractivity contribution in [3.05, 3.63) is 48.5 Å². The number of rotatable bonds is 6. The Hall–Kier alpha value is -3.46. The largest absolute Gasteiger partial charge is 0.445 e. The van der Waals surface area contributed by atoms with Crippen LogP contribution in [0.1, 0.15) is 36.0 Å². The molecule has 3 aromatic rings. The number of benzene rings is 1. The number of nitrogens with one attached hydrogen (secondary N) is 2. The molecule has 2 atom stereocenters. The van der Waals surface area contributed by atoms with Gasteiger partial charge in [0.2, 0.25) is 11.8 Å². The van der Waals surface area contributed by atoms with Gasteiger partial charge in [0, 0.05) is 29.5 Å². The molecule has 9 nitrogen and oxygen atoms in total. The van der Waals surface area contributed by atoms with Crippen LogP contribution in [0, 0.1) is 0 Å². The molecule has 4 rings (SSSR count). The lowest BCUT2D eigenvalue weighted by Crippen LogP contribution is -2.43. The monoisotopic (exact) mass is 393 g/mol. The van der Waals surface area contributed by atoms with Crippen molar-refractivity contribution < 1.29 is 9.21 Å². The second-order valence-electron chi connectivity index (χ2n) is 7.06. The second kappa shape index (κ2) is 8.27. The molecule has 6 N–H and O–H groups in total. The van der Waals surface area contributed by atoms with Gasteiger partial charge in [0.1, 0.15) is 17.6 Å². The number of nitrogens with zero attached hydrogens (tertiary/aromatic N) is 3. The molecule has 0 saturated heterocycles. The molecule has 0 spiro atoms. The van der Waals surface area contributed by atoms with Gasteiger partial charge in [-0.25, -0.2) is 9.97 Å². The minimum absolute atomic E-state index is 0.0577.